The largest absolute Gasteiger partial charge is 0.493 e. The van der Waals surface area contributed by atoms with Crippen LogP contribution >= 0.6 is 12.4 Å². The Morgan fingerprint density at radius 2 is 1.10 bits per heavy atom. The summed E-state index contributed by atoms with van der Waals surface area (Å²) >= 11 is 0. The number of nitrogens with two attached hydrogens (primary N) is 1. The maximum absolute atomic E-state index is 12.0. The van der Waals surface area contributed by atoms with Crippen molar-refractivity contribution in [2.24, 2.45) is 5.73 Å². The molecule has 0 radical (unpaired) electrons. The first-order valence-corrected chi connectivity index (χ1v) is 16.5. The summed E-state index contributed by atoms with van der Waals surface area (Å²) in [5.74, 6) is 4.45. The lowest BCUT2D eigenvalue weighted by molar-refractivity contribution is 0.0497. The fourth-order valence-corrected chi connectivity index (χ4v) is 6.06. The number of nitrogens with zero attached hydrogens (tertiary/aromatic N) is 6. The lowest BCUT2D eigenvalue weighted by Crippen LogP contribution is -2.46. The summed E-state index contributed by atoms with van der Waals surface area (Å²) in [4.78, 5) is 34.1. The van der Waals surface area contributed by atoms with Gasteiger partial charge < -0.3 is 44.5 Å². The number of fused-ring (bicyclic) bond motifs is 2. The summed E-state index contributed by atoms with van der Waals surface area (Å²) in [5, 5.41) is 4.85. The lowest BCUT2D eigenvalue weighted by atomic mass is 10.0. The minimum atomic E-state index is -0.495. The topological polar surface area (TPSA) is 159 Å². The van der Waals surface area contributed by atoms with Crippen LogP contribution in [-0.2, 0) is 4.74 Å². The molecule has 15 heteroatoms. The summed E-state index contributed by atoms with van der Waals surface area (Å²) in [7, 11) is 6.47. The molecule has 2 aliphatic rings. The van der Waals surface area contributed by atoms with E-state index in [-0.39, 0.29) is 24.5 Å². The monoisotopic (exact) mass is 712 g/mol. The zero-order valence-electron chi connectivity index (χ0n) is 29.9. The third kappa shape index (κ3) is 9.16. The van der Waals surface area contributed by atoms with Gasteiger partial charge in [-0.15, -0.1) is 12.4 Å². The lowest BCUT2D eigenvalue weighted by Gasteiger charge is -2.34. The predicted molar refractivity (Wildman–Crippen MR) is 197 cm³/mol. The molecule has 0 saturated carbocycles. The second kappa shape index (κ2) is 16.9. The number of anilines is 2. The molecule has 0 aliphatic carbocycles. The van der Waals surface area contributed by atoms with Crippen LogP contribution in [0.5, 0.6) is 23.0 Å². The Morgan fingerprint density at radius 3 is 1.50 bits per heavy atom. The van der Waals surface area contributed by atoms with Crippen LogP contribution in [0.3, 0.4) is 0 Å². The van der Waals surface area contributed by atoms with Crippen molar-refractivity contribution in [3.8, 4) is 23.0 Å². The molecular weight excluding hydrogens is 664 g/mol. The molecular formula is C35H49ClN8O6. The number of hydrogen-bond donors (Lipinski definition) is 2. The van der Waals surface area contributed by atoms with Crippen LogP contribution in [0.25, 0.3) is 21.8 Å². The van der Waals surface area contributed by atoms with E-state index in [1.807, 2.05) is 45.0 Å². The Kier molecular flexibility index (Phi) is 12.9. The van der Waals surface area contributed by atoms with E-state index in [9.17, 15) is 4.79 Å². The highest BCUT2D eigenvalue weighted by Gasteiger charge is 2.26. The van der Waals surface area contributed by atoms with Crippen molar-refractivity contribution in [2.75, 3.05) is 64.4 Å². The smallest absolute Gasteiger partial charge is 0.407 e. The van der Waals surface area contributed by atoms with Gasteiger partial charge in [0.05, 0.1) is 39.5 Å². The van der Waals surface area contributed by atoms with Gasteiger partial charge in [-0.2, -0.15) is 0 Å². The third-order valence-electron chi connectivity index (χ3n) is 8.59. The zero-order chi connectivity index (χ0) is 35.1. The number of halogens is 1. The quantitative estimate of drug-likeness (QED) is 0.260. The number of aromatic nitrogens is 4. The molecule has 2 aliphatic heterocycles. The number of methoxy groups -OCH3 is 4. The molecule has 14 nitrogen and oxygen atoms in total. The first-order chi connectivity index (χ1) is 23.5. The van der Waals surface area contributed by atoms with Crippen LogP contribution in [0.2, 0.25) is 0 Å². The van der Waals surface area contributed by atoms with Crippen LogP contribution in [0.15, 0.2) is 36.9 Å². The van der Waals surface area contributed by atoms with Crippen molar-refractivity contribution < 1.29 is 28.5 Å². The molecule has 2 saturated heterocycles. The molecule has 0 spiro atoms. The average molecular weight is 713 g/mol. The summed E-state index contributed by atoms with van der Waals surface area (Å²) in [6, 6.07) is 7.98. The van der Waals surface area contributed by atoms with Crippen molar-refractivity contribution >= 4 is 51.9 Å². The fraction of sp³-hybridized carbons (Fsp3) is 0.514. The number of carbonyl (C=O) groups is 1. The van der Waals surface area contributed by atoms with Crippen molar-refractivity contribution in [3.63, 3.8) is 0 Å². The molecule has 272 valence electrons. The number of piperidine rings is 2. The molecule has 2 aromatic carbocycles. The van der Waals surface area contributed by atoms with Crippen LogP contribution in [0, 0.1) is 0 Å². The van der Waals surface area contributed by atoms with Gasteiger partial charge >= 0.3 is 6.09 Å². The van der Waals surface area contributed by atoms with Crippen molar-refractivity contribution in [1.29, 1.82) is 0 Å². The first-order valence-electron chi connectivity index (χ1n) is 16.5. The molecule has 6 rings (SSSR count). The summed E-state index contributed by atoms with van der Waals surface area (Å²) in [6.45, 7) is 8.97. The van der Waals surface area contributed by atoms with Gasteiger partial charge in [-0.1, -0.05) is 0 Å². The van der Waals surface area contributed by atoms with E-state index in [0.29, 0.717) is 29.0 Å². The molecule has 2 fully saturated rings. The average Bonchev–Trinajstić information content (AvgIpc) is 3.10. The van der Waals surface area contributed by atoms with Gasteiger partial charge in [-0.3, -0.25) is 0 Å². The minimum absolute atomic E-state index is 0. The zero-order valence-corrected chi connectivity index (χ0v) is 30.7. The van der Waals surface area contributed by atoms with Gasteiger partial charge in [0.1, 0.15) is 29.9 Å². The van der Waals surface area contributed by atoms with E-state index < -0.39 is 5.60 Å². The van der Waals surface area contributed by atoms with Crippen LogP contribution in [-0.4, -0.2) is 98.3 Å². The van der Waals surface area contributed by atoms with E-state index >= 15 is 0 Å². The number of amides is 1. The second-order valence-corrected chi connectivity index (χ2v) is 13.1. The number of ether oxygens (including phenoxy) is 5. The Morgan fingerprint density at radius 1 is 0.700 bits per heavy atom. The maximum Gasteiger partial charge on any atom is 0.407 e. The van der Waals surface area contributed by atoms with E-state index in [2.05, 4.69) is 35.1 Å². The van der Waals surface area contributed by atoms with Gasteiger partial charge in [0.15, 0.2) is 23.0 Å². The number of benzene rings is 2. The fourth-order valence-electron chi connectivity index (χ4n) is 6.06. The van der Waals surface area contributed by atoms with Gasteiger partial charge in [-0.25, -0.2) is 24.7 Å². The van der Waals surface area contributed by atoms with Crippen LogP contribution in [0.1, 0.15) is 46.5 Å². The maximum atomic E-state index is 12.0. The number of carbonyl (C=O) groups excluding carboxylic acids is 1. The number of nitrogens with one attached hydrogen (secondary N) is 1. The SMILES string of the molecule is COc1cc2ncnc(N3CCC(N)CC3)c2cc1OC.COc1cc2ncnc(N3CCC(NC(=O)OC(C)(C)C)CC3)c2cc1OC.Cl. The van der Waals surface area contributed by atoms with Crippen LogP contribution < -0.4 is 39.8 Å². The van der Waals surface area contributed by atoms with E-state index in [4.69, 9.17) is 29.4 Å². The second-order valence-electron chi connectivity index (χ2n) is 13.1. The predicted octanol–water partition coefficient (Wildman–Crippen LogP) is 5.14. The third-order valence-corrected chi connectivity index (χ3v) is 8.59. The van der Waals surface area contributed by atoms with E-state index in [1.165, 1.54) is 0 Å². The highest BCUT2D eigenvalue weighted by molar-refractivity contribution is 5.93. The standard InChI is InChI=1S/C20H28N4O4.C15H20N4O2.ClH/c1-20(2,3)28-19(25)23-13-6-8-24(9-7-13)18-14-10-16(26-4)17(27-5)11-15(14)21-12-22-18;1-20-13-7-11-12(8-14(13)21-2)17-9-18-15(11)19-5-3-10(16)4-6-19;/h10-13H,6-9H2,1-5H3,(H,23,25);7-10H,3-6,16H2,1-2H3;1H. The minimum Gasteiger partial charge on any atom is -0.493 e. The van der Waals surface area contributed by atoms with Gasteiger partial charge in [0.25, 0.3) is 0 Å². The Balaban J connectivity index is 0.000000229. The number of hydrogen-bond acceptors (Lipinski definition) is 13. The molecule has 4 heterocycles. The first kappa shape index (κ1) is 38.2. The Labute approximate surface area is 299 Å². The number of alkyl carbamates (subject to hydrolysis) is 1. The molecule has 3 N–H and O–H groups in total. The summed E-state index contributed by atoms with van der Waals surface area (Å²) in [5.41, 5.74) is 7.14. The highest BCUT2D eigenvalue weighted by Crippen LogP contribution is 2.36. The molecule has 50 heavy (non-hydrogen) atoms. The molecule has 1 amide bonds. The normalized spacial score (nSPS) is 15.4. The Bertz CT molecular complexity index is 1740. The number of rotatable bonds is 7. The van der Waals surface area contributed by atoms with E-state index in [0.717, 1.165) is 85.3 Å². The van der Waals surface area contributed by atoms with Crippen molar-refractivity contribution in [1.82, 2.24) is 25.3 Å². The van der Waals surface area contributed by atoms with E-state index in [1.54, 1.807) is 41.1 Å². The molecule has 4 aromatic rings. The highest BCUT2D eigenvalue weighted by atomic mass is 35.5. The Hall–Kier alpha value is -4.56. The molecule has 0 atom stereocenters. The summed E-state index contributed by atoms with van der Waals surface area (Å²) < 4.78 is 26.9. The summed E-state index contributed by atoms with van der Waals surface area (Å²) in [6.07, 6.45) is 6.40. The van der Waals surface area contributed by atoms with Crippen LogP contribution in [0.4, 0.5) is 16.4 Å². The van der Waals surface area contributed by atoms with Gasteiger partial charge in [0, 0.05) is 61.2 Å². The molecule has 0 unspecified atom stereocenters. The van der Waals surface area contributed by atoms with Gasteiger partial charge in [-0.05, 0) is 58.6 Å². The van der Waals surface area contributed by atoms with Crippen molar-refractivity contribution in [3.05, 3.63) is 36.9 Å². The molecule has 2 aromatic heterocycles. The molecule has 0 bridgehead atoms. The van der Waals surface area contributed by atoms with Crippen molar-refractivity contribution in [2.45, 2.75) is 64.1 Å². The van der Waals surface area contributed by atoms with Gasteiger partial charge in [0.2, 0.25) is 0 Å².